The average Bonchev–Trinajstić information content (AvgIpc) is 3.05. The molecule has 6 nitrogen and oxygen atoms in total. The zero-order valence-corrected chi connectivity index (χ0v) is 26.2. The molecule has 0 aliphatic carbocycles. The highest BCUT2D eigenvalue weighted by Gasteiger charge is 2.41. The minimum absolute atomic E-state index is 0.00801. The number of hydrogen-bond acceptors (Lipinski definition) is 6. The van der Waals surface area contributed by atoms with Crippen molar-refractivity contribution in [3.05, 3.63) is 70.8 Å². The Hall–Kier alpha value is -2.08. The highest BCUT2D eigenvalue weighted by Crippen LogP contribution is 2.40. The summed E-state index contributed by atoms with van der Waals surface area (Å²) in [6.07, 6.45) is 7.64. The lowest BCUT2D eigenvalue weighted by atomic mass is 9.74. The lowest BCUT2D eigenvalue weighted by Gasteiger charge is -2.39. The first-order valence-electron chi connectivity index (χ1n) is 15.9. The van der Waals surface area contributed by atoms with Crippen molar-refractivity contribution in [3.8, 4) is 0 Å². The van der Waals surface area contributed by atoms with Crippen molar-refractivity contribution >= 4 is 0 Å². The van der Waals surface area contributed by atoms with Crippen LogP contribution in [0.25, 0.3) is 0 Å². The van der Waals surface area contributed by atoms with E-state index in [1.807, 2.05) is 0 Å². The molecule has 2 aliphatic heterocycles. The predicted molar refractivity (Wildman–Crippen MR) is 163 cm³/mol. The number of methoxy groups -OCH3 is 2. The number of piperidine rings is 2. The lowest BCUT2D eigenvalue weighted by Crippen LogP contribution is -2.45. The molecule has 4 rings (SSSR count). The maximum absolute atomic E-state index is 14.2. The molecule has 2 saturated heterocycles. The molecule has 0 radical (unpaired) electrons. The zero-order valence-electron chi connectivity index (χ0n) is 26.2. The maximum atomic E-state index is 14.2. The molecule has 0 bridgehead atoms. The highest BCUT2D eigenvalue weighted by molar-refractivity contribution is 5.27. The van der Waals surface area contributed by atoms with E-state index >= 15 is 0 Å². The van der Waals surface area contributed by atoms with Gasteiger partial charge in [-0.3, -0.25) is 0 Å². The quantitative estimate of drug-likeness (QED) is 0.154. The van der Waals surface area contributed by atoms with Crippen molar-refractivity contribution < 1.29 is 37.2 Å². The van der Waals surface area contributed by atoms with Gasteiger partial charge in [-0.05, 0) is 113 Å². The van der Waals surface area contributed by atoms with Crippen molar-refractivity contribution in [2.75, 3.05) is 53.6 Å². The molecule has 2 heterocycles. The summed E-state index contributed by atoms with van der Waals surface area (Å²) < 4.78 is 64.7. The molecular weight excluding hydrogens is 576 g/mol. The smallest absolute Gasteiger partial charge is 0.159 e. The Balaban J connectivity index is 0.000000240. The normalized spacial score (nSPS) is 21.5. The standard InChI is InChI=1S/2C17H25F2NO2/c1-22-10-3-2-8-17(21,14-5-4-9-20-12-14)13-6-7-15(18)16(19)11-13;1-22-10-3-2-8-17(21,13-5-4-9-20-12-13)15-11-14(18)6-7-16(15)19/h6-7,11,14,20-21H,2-5,8-10,12H2,1H3;6-7,11,13,20-21H,2-5,8-10,12H2,1H3/t14-,17-;13-,17+/m11/s1. The zero-order chi connectivity index (χ0) is 32.0. The summed E-state index contributed by atoms with van der Waals surface area (Å²) in [5, 5.41) is 29.0. The summed E-state index contributed by atoms with van der Waals surface area (Å²) in [6.45, 7) is 4.40. The molecule has 4 N–H and O–H groups in total. The van der Waals surface area contributed by atoms with Gasteiger partial charge in [0.05, 0.1) is 11.2 Å². The second kappa shape index (κ2) is 18.2. The number of halogens is 4. The Morgan fingerprint density at radius 3 is 1.77 bits per heavy atom. The van der Waals surface area contributed by atoms with Gasteiger partial charge in [-0.25, -0.2) is 17.6 Å². The van der Waals surface area contributed by atoms with Crippen LogP contribution in [0.3, 0.4) is 0 Å². The Morgan fingerprint density at radius 2 is 1.25 bits per heavy atom. The molecule has 0 amide bonds. The van der Waals surface area contributed by atoms with Gasteiger partial charge < -0.3 is 30.3 Å². The van der Waals surface area contributed by atoms with Crippen LogP contribution in [0.4, 0.5) is 17.6 Å². The third kappa shape index (κ3) is 9.96. The predicted octanol–water partition coefficient (Wildman–Crippen LogP) is 5.94. The van der Waals surface area contributed by atoms with Crippen molar-refractivity contribution in [1.82, 2.24) is 10.6 Å². The fourth-order valence-electron chi connectivity index (χ4n) is 6.54. The molecule has 4 atom stereocenters. The Morgan fingerprint density at radius 1 is 0.705 bits per heavy atom. The van der Waals surface area contributed by atoms with Crippen LogP contribution in [0.5, 0.6) is 0 Å². The lowest BCUT2D eigenvalue weighted by molar-refractivity contribution is -0.0463. The molecule has 10 heteroatoms. The topological polar surface area (TPSA) is 83.0 Å². The molecular formula is C34H50F4N2O4. The number of rotatable bonds is 14. The summed E-state index contributed by atoms with van der Waals surface area (Å²) in [6, 6.07) is 7.06. The van der Waals surface area contributed by atoms with E-state index in [0.717, 1.165) is 88.4 Å². The molecule has 44 heavy (non-hydrogen) atoms. The van der Waals surface area contributed by atoms with Crippen molar-refractivity contribution in [3.63, 3.8) is 0 Å². The van der Waals surface area contributed by atoms with Gasteiger partial charge in [-0.2, -0.15) is 0 Å². The Bertz CT molecular complexity index is 1130. The number of ether oxygens (including phenoxy) is 2. The van der Waals surface area contributed by atoms with Gasteiger partial charge in [0, 0.05) is 57.9 Å². The largest absolute Gasteiger partial charge is 0.385 e. The van der Waals surface area contributed by atoms with Gasteiger partial charge in [0.25, 0.3) is 0 Å². The van der Waals surface area contributed by atoms with Crippen LogP contribution in [-0.2, 0) is 20.7 Å². The Labute approximate surface area is 259 Å². The molecule has 0 saturated carbocycles. The van der Waals surface area contributed by atoms with Crippen LogP contribution in [0.2, 0.25) is 0 Å². The highest BCUT2D eigenvalue weighted by atomic mass is 19.2. The van der Waals surface area contributed by atoms with Crippen LogP contribution >= 0.6 is 0 Å². The summed E-state index contributed by atoms with van der Waals surface area (Å²) in [7, 11) is 3.27. The Kier molecular flexibility index (Phi) is 15.0. The first-order valence-corrected chi connectivity index (χ1v) is 15.9. The second-order valence-electron chi connectivity index (χ2n) is 12.1. The van der Waals surface area contributed by atoms with Gasteiger partial charge in [-0.15, -0.1) is 0 Å². The molecule has 0 unspecified atom stereocenters. The van der Waals surface area contributed by atoms with Gasteiger partial charge in [0.1, 0.15) is 11.6 Å². The van der Waals surface area contributed by atoms with Crippen LogP contribution < -0.4 is 10.6 Å². The number of nitrogens with one attached hydrogen (secondary N) is 2. The van der Waals surface area contributed by atoms with Crippen LogP contribution in [-0.4, -0.2) is 63.8 Å². The van der Waals surface area contributed by atoms with Crippen molar-refractivity contribution in [1.29, 1.82) is 0 Å². The number of aliphatic hydroxyl groups is 2. The third-order valence-electron chi connectivity index (χ3n) is 9.07. The molecule has 2 aromatic carbocycles. The summed E-state index contributed by atoms with van der Waals surface area (Å²) in [5.41, 5.74) is -1.92. The average molecular weight is 627 g/mol. The van der Waals surface area contributed by atoms with E-state index in [1.165, 1.54) is 6.07 Å². The maximum Gasteiger partial charge on any atom is 0.159 e. The van der Waals surface area contributed by atoms with Crippen LogP contribution in [0, 0.1) is 35.1 Å². The van der Waals surface area contributed by atoms with Gasteiger partial charge >= 0.3 is 0 Å². The van der Waals surface area contributed by atoms with Crippen LogP contribution in [0.15, 0.2) is 36.4 Å². The van der Waals surface area contributed by atoms with Gasteiger partial charge in [0.15, 0.2) is 11.6 Å². The molecule has 0 aromatic heterocycles. The van der Waals surface area contributed by atoms with Crippen molar-refractivity contribution in [2.45, 2.75) is 75.4 Å². The summed E-state index contributed by atoms with van der Waals surface area (Å²) >= 11 is 0. The van der Waals surface area contributed by atoms with E-state index in [2.05, 4.69) is 10.6 Å². The molecule has 2 aromatic rings. The van der Waals surface area contributed by atoms with E-state index in [-0.39, 0.29) is 17.4 Å². The fourth-order valence-corrected chi connectivity index (χ4v) is 6.54. The van der Waals surface area contributed by atoms with E-state index in [9.17, 15) is 27.8 Å². The first kappa shape index (κ1) is 36.4. The van der Waals surface area contributed by atoms with E-state index in [0.29, 0.717) is 51.1 Å². The second-order valence-corrected chi connectivity index (χ2v) is 12.1. The van der Waals surface area contributed by atoms with Gasteiger partial charge in [0.2, 0.25) is 0 Å². The number of benzene rings is 2. The van der Waals surface area contributed by atoms with E-state index in [1.54, 1.807) is 14.2 Å². The fraction of sp³-hybridized carbons (Fsp3) is 0.647. The summed E-state index contributed by atoms with van der Waals surface area (Å²) in [4.78, 5) is 0. The molecule has 248 valence electrons. The third-order valence-corrected chi connectivity index (χ3v) is 9.07. The number of hydrogen-bond donors (Lipinski definition) is 4. The monoisotopic (exact) mass is 626 g/mol. The molecule has 0 spiro atoms. The minimum atomic E-state index is -1.34. The SMILES string of the molecule is COCCCC[C@@](O)(c1cc(F)ccc1F)[C@@H]1CCCNC1.COCCCC[C@@](O)(c1ccc(F)c(F)c1)[C@@H]1CCCNC1. The van der Waals surface area contributed by atoms with Gasteiger partial charge in [-0.1, -0.05) is 6.07 Å². The van der Waals surface area contributed by atoms with E-state index in [4.69, 9.17) is 9.47 Å². The number of unbranched alkanes of at least 4 members (excludes halogenated alkanes) is 2. The minimum Gasteiger partial charge on any atom is -0.385 e. The van der Waals surface area contributed by atoms with Crippen molar-refractivity contribution in [2.24, 2.45) is 11.8 Å². The van der Waals surface area contributed by atoms with E-state index < -0.39 is 34.5 Å². The summed E-state index contributed by atoms with van der Waals surface area (Å²) in [5.74, 6) is -2.95. The van der Waals surface area contributed by atoms with Crippen LogP contribution in [0.1, 0.15) is 75.3 Å². The molecule has 2 fully saturated rings. The first-order chi connectivity index (χ1) is 21.2. The molecule has 2 aliphatic rings.